The van der Waals surface area contributed by atoms with Crippen LogP contribution in [0.3, 0.4) is 0 Å². The van der Waals surface area contributed by atoms with Gasteiger partial charge in [0.1, 0.15) is 48.8 Å². The third-order valence-electron chi connectivity index (χ3n) is 15.8. The van der Waals surface area contributed by atoms with Crippen LogP contribution in [-0.2, 0) is 101 Å². The van der Waals surface area contributed by atoms with E-state index in [1.165, 1.54) is 0 Å². The zero-order valence-electron chi connectivity index (χ0n) is 47.0. The summed E-state index contributed by atoms with van der Waals surface area (Å²) in [6, 6.07) is 61.2. The van der Waals surface area contributed by atoms with E-state index in [0.29, 0.717) is 45.9 Å². The Morgan fingerprint density at radius 1 is 0.370 bits per heavy atom. The van der Waals surface area contributed by atoms with E-state index in [4.69, 9.17) is 61.6 Å². The molecule has 6 aromatic rings. The molecular formula is C68H82O13. The molecule has 0 spiro atoms. The van der Waals surface area contributed by atoms with Gasteiger partial charge in [-0.25, -0.2) is 0 Å². The second-order valence-corrected chi connectivity index (χ2v) is 21.8. The van der Waals surface area contributed by atoms with Crippen molar-refractivity contribution >= 4 is 0 Å². The minimum Gasteiger partial charge on any atom is -0.379 e. The van der Waals surface area contributed by atoms with Gasteiger partial charge in [-0.2, -0.15) is 0 Å². The third kappa shape index (κ3) is 17.2. The first-order valence-electron chi connectivity index (χ1n) is 29.3. The standard InChI is InChI=1S/C68H82O13/c1-49-39-58(57(73-42-51-27-13-6-14-28-51)40-56(49)72-41-50-25-11-5-12-26-50)78-64-62(75-44-53-31-17-8-18-32-53)60-48-71-38-24-4-3-23-37-70-47-59-61(74-43-52-29-15-7-16-30-52)63(76-45-54-33-19-9-20-34-54)65(77-46-55-35-21-10-22-36-55)68(80-59)81-66(64)67(69-2)79-60/h5-22,25-36,49,56-68H,3-4,23-24,37-48H2,1-2H3/t49-,56+,57+,58-,59+,60+,61-,62+,63-,64-,65+,66-,67-,68+/m0/s1. The fourth-order valence-corrected chi connectivity index (χ4v) is 11.4. The number of benzene rings is 6. The van der Waals surface area contributed by atoms with Crippen LogP contribution in [0.15, 0.2) is 182 Å². The van der Waals surface area contributed by atoms with Gasteiger partial charge in [-0.05, 0) is 58.6 Å². The van der Waals surface area contributed by atoms with Crippen LogP contribution >= 0.6 is 0 Å². The molecule has 0 aromatic heterocycles. The van der Waals surface area contributed by atoms with Gasteiger partial charge in [0.2, 0.25) is 0 Å². The van der Waals surface area contributed by atoms with Crippen molar-refractivity contribution in [2.75, 3.05) is 33.5 Å². The van der Waals surface area contributed by atoms with Crippen LogP contribution in [0.2, 0.25) is 0 Å². The highest BCUT2D eigenvalue weighted by Crippen LogP contribution is 2.40. The Bertz CT molecular complexity index is 2640. The smallest absolute Gasteiger partial charge is 0.187 e. The monoisotopic (exact) mass is 1110 g/mol. The topological polar surface area (TPSA) is 120 Å². The third-order valence-corrected chi connectivity index (χ3v) is 15.8. The number of fused-ring (bicyclic) bond motifs is 11. The molecule has 6 aromatic carbocycles. The maximum absolute atomic E-state index is 7.74. The lowest BCUT2D eigenvalue weighted by molar-refractivity contribution is -0.385. The largest absolute Gasteiger partial charge is 0.379 e. The zero-order valence-corrected chi connectivity index (χ0v) is 47.0. The molecule has 13 heteroatoms. The lowest BCUT2D eigenvalue weighted by Gasteiger charge is -2.51. The van der Waals surface area contributed by atoms with Gasteiger partial charge in [0.05, 0.1) is 71.2 Å². The van der Waals surface area contributed by atoms with E-state index in [-0.39, 0.29) is 51.2 Å². The van der Waals surface area contributed by atoms with Gasteiger partial charge in [-0.3, -0.25) is 0 Å². The molecule has 4 aliphatic heterocycles. The van der Waals surface area contributed by atoms with E-state index in [9.17, 15) is 0 Å². The molecule has 432 valence electrons. The quantitative estimate of drug-likeness (QED) is 0.0681. The van der Waals surface area contributed by atoms with Crippen LogP contribution in [0.1, 0.15) is 78.8 Å². The molecule has 4 heterocycles. The summed E-state index contributed by atoms with van der Waals surface area (Å²) in [5.41, 5.74) is 6.17. The van der Waals surface area contributed by atoms with E-state index in [2.05, 4.69) is 67.6 Å². The predicted molar refractivity (Wildman–Crippen MR) is 306 cm³/mol. The highest BCUT2D eigenvalue weighted by atomic mass is 16.8. The summed E-state index contributed by atoms with van der Waals surface area (Å²) >= 11 is 0. The second kappa shape index (κ2) is 31.5. The van der Waals surface area contributed by atoms with Crippen molar-refractivity contribution in [3.05, 3.63) is 215 Å². The fourth-order valence-electron chi connectivity index (χ4n) is 11.4. The van der Waals surface area contributed by atoms with Crippen LogP contribution in [0.4, 0.5) is 0 Å². The van der Waals surface area contributed by atoms with Crippen molar-refractivity contribution in [2.45, 2.75) is 165 Å². The SMILES string of the molecule is CO[C@H]1O[C@@H]2COCCCCCCOC[C@H]3O[C@H](O[C@H]1[C@@H](O[C@H]1C[C@H](C)[C@H](OCc4ccccc4)C[C@H]1OCc1ccccc1)[C@@H]2OCc1ccccc1)[C@H](OCc1ccccc1)[C@@H](OCc1ccccc1)[C@H]3OCc1ccccc1. The van der Waals surface area contributed by atoms with Crippen molar-refractivity contribution in [1.29, 1.82) is 0 Å². The second-order valence-electron chi connectivity index (χ2n) is 21.8. The highest BCUT2D eigenvalue weighted by molar-refractivity contribution is 5.18. The van der Waals surface area contributed by atoms with E-state index in [0.717, 1.165) is 59.1 Å². The van der Waals surface area contributed by atoms with Crippen molar-refractivity contribution in [3.63, 3.8) is 0 Å². The van der Waals surface area contributed by atoms with Crippen molar-refractivity contribution in [3.8, 4) is 0 Å². The van der Waals surface area contributed by atoms with Crippen LogP contribution in [0, 0.1) is 5.92 Å². The Kier molecular flexibility index (Phi) is 22.9. The number of hydrogen-bond acceptors (Lipinski definition) is 13. The molecule has 0 amide bonds. The maximum Gasteiger partial charge on any atom is 0.187 e. The molecule has 4 saturated heterocycles. The summed E-state index contributed by atoms with van der Waals surface area (Å²) in [4.78, 5) is 0. The van der Waals surface area contributed by atoms with Gasteiger partial charge in [-0.15, -0.1) is 0 Å². The number of methoxy groups -OCH3 is 1. The van der Waals surface area contributed by atoms with Crippen LogP contribution in [-0.4, -0.2) is 113 Å². The van der Waals surface area contributed by atoms with Crippen molar-refractivity contribution < 1.29 is 61.6 Å². The summed E-state index contributed by atoms with van der Waals surface area (Å²) in [7, 11) is 1.64. The molecule has 1 aliphatic carbocycles. The molecule has 0 radical (unpaired) electrons. The number of ether oxygens (including phenoxy) is 13. The van der Waals surface area contributed by atoms with Crippen molar-refractivity contribution in [1.82, 2.24) is 0 Å². The first kappa shape index (κ1) is 59.0. The first-order chi connectivity index (χ1) is 40.0. The Morgan fingerprint density at radius 3 is 1.20 bits per heavy atom. The summed E-state index contributed by atoms with van der Waals surface area (Å²) in [6.07, 6.45) is -4.08. The molecule has 14 atom stereocenters. The molecule has 1 saturated carbocycles. The molecule has 5 aliphatic rings. The molecule has 0 N–H and O–H groups in total. The molecule has 11 rings (SSSR count). The van der Waals surface area contributed by atoms with Crippen LogP contribution in [0.5, 0.6) is 0 Å². The Morgan fingerprint density at radius 2 is 0.753 bits per heavy atom. The van der Waals surface area contributed by atoms with E-state index in [1.807, 2.05) is 121 Å². The fraction of sp³-hybridized carbons (Fsp3) is 0.471. The maximum atomic E-state index is 7.74. The predicted octanol–water partition coefficient (Wildman–Crippen LogP) is 11.8. The van der Waals surface area contributed by atoms with Gasteiger partial charge in [0.25, 0.3) is 0 Å². The summed E-state index contributed by atoms with van der Waals surface area (Å²) in [5, 5.41) is 0. The minimum absolute atomic E-state index is 0.0976. The van der Waals surface area contributed by atoms with Crippen LogP contribution in [0.25, 0.3) is 0 Å². The molecule has 4 bridgehead atoms. The summed E-state index contributed by atoms with van der Waals surface area (Å²) < 4.78 is 91.4. The van der Waals surface area contributed by atoms with E-state index in [1.54, 1.807) is 7.11 Å². The molecule has 5 fully saturated rings. The summed E-state index contributed by atoms with van der Waals surface area (Å²) in [5.74, 6) is 0.0997. The first-order valence-corrected chi connectivity index (χ1v) is 29.3. The molecule has 81 heavy (non-hydrogen) atoms. The van der Waals surface area contributed by atoms with Gasteiger partial charge in [0, 0.05) is 26.7 Å². The normalized spacial score (nSPS) is 29.6. The van der Waals surface area contributed by atoms with Crippen molar-refractivity contribution in [2.24, 2.45) is 5.92 Å². The van der Waals surface area contributed by atoms with E-state index < -0.39 is 67.5 Å². The highest BCUT2D eigenvalue weighted by Gasteiger charge is 2.56. The zero-order chi connectivity index (χ0) is 55.3. The molecular weight excluding hydrogens is 1020 g/mol. The lowest BCUT2D eigenvalue weighted by atomic mass is 9.83. The Hall–Kier alpha value is -5.20. The average molecular weight is 1110 g/mol. The average Bonchev–Trinajstić information content (AvgIpc) is 3.52. The molecule has 13 nitrogen and oxygen atoms in total. The number of hydrogen-bond donors (Lipinski definition) is 0. The summed E-state index contributed by atoms with van der Waals surface area (Å²) in [6.45, 7) is 5.77. The van der Waals surface area contributed by atoms with E-state index >= 15 is 0 Å². The number of rotatable bonds is 21. The Balaban J connectivity index is 1.04. The Labute approximate surface area is 479 Å². The minimum atomic E-state index is -1.09. The lowest BCUT2D eigenvalue weighted by Crippen LogP contribution is -2.67. The van der Waals surface area contributed by atoms with Crippen LogP contribution < -0.4 is 0 Å². The van der Waals surface area contributed by atoms with Gasteiger partial charge in [0.15, 0.2) is 12.6 Å². The molecule has 0 unspecified atom stereocenters. The van der Waals surface area contributed by atoms with Gasteiger partial charge >= 0.3 is 0 Å². The van der Waals surface area contributed by atoms with Gasteiger partial charge < -0.3 is 61.6 Å². The van der Waals surface area contributed by atoms with Gasteiger partial charge in [-0.1, -0.05) is 202 Å².